The first-order valence-corrected chi connectivity index (χ1v) is 8.43. The van der Waals surface area contributed by atoms with Crippen molar-refractivity contribution in [2.45, 2.75) is 56.7 Å². The van der Waals surface area contributed by atoms with Crippen molar-refractivity contribution < 1.29 is 9.47 Å². The third-order valence-corrected chi connectivity index (χ3v) is 4.77. The number of rotatable bonds is 6. The van der Waals surface area contributed by atoms with Crippen LogP contribution in [0.1, 0.15) is 44.9 Å². The maximum absolute atomic E-state index is 6.35. The Kier molecular flexibility index (Phi) is 5.15. The fourth-order valence-corrected chi connectivity index (χ4v) is 3.62. The molecule has 116 valence electrons. The van der Waals surface area contributed by atoms with Crippen molar-refractivity contribution in [2.24, 2.45) is 0 Å². The monoisotopic (exact) mass is 289 g/mol. The fourth-order valence-electron chi connectivity index (χ4n) is 3.62. The molecule has 1 saturated heterocycles. The van der Waals surface area contributed by atoms with Gasteiger partial charge in [0.25, 0.3) is 0 Å². The van der Waals surface area contributed by atoms with E-state index >= 15 is 0 Å². The van der Waals surface area contributed by atoms with Gasteiger partial charge in [-0.3, -0.25) is 0 Å². The lowest BCUT2D eigenvalue weighted by Crippen LogP contribution is -2.35. The van der Waals surface area contributed by atoms with E-state index in [1.165, 1.54) is 44.9 Å². The highest BCUT2D eigenvalue weighted by Crippen LogP contribution is 2.41. The smallest absolute Gasteiger partial charge is 0.119 e. The van der Waals surface area contributed by atoms with Crippen LogP contribution in [0.2, 0.25) is 0 Å². The molecule has 3 nitrogen and oxygen atoms in total. The summed E-state index contributed by atoms with van der Waals surface area (Å²) >= 11 is 0. The van der Waals surface area contributed by atoms with E-state index in [2.05, 4.69) is 5.32 Å². The van der Waals surface area contributed by atoms with Crippen LogP contribution in [0, 0.1) is 0 Å². The van der Waals surface area contributed by atoms with Gasteiger partial charge in [0, 0.05) is 13.1 Å². The summed E-state index contributed by atoms with van der Waals surface area (Å²) < 4.78 is 12.0. The number of hydrogen-bond donors (Lipinski definition) is 1. The molecule has 1 aliphatic carbocycles. The maximum Gasteiger partial charge on any atom is 0.119 e. The van der Waals surface area contributed by atoms with Crippen molar-refractivity contribution in [3.05, 3.63) is 30.3 Å². The highest BCUT2D eigenvalue weighted by atomic mass is 16.5. The van der Waals surface area contributed by atoms with E-state index in [4.69, 9.17) is 9.47 Å². The van der Waals surface area contributed by atoms with Crippen LogP contribution in [0.25, 0.3) is 0 Å². The SMILES string of the molecule is c1ccc(OCCNCC2CCC3(CCCCC3)O2)cc1. The standard InChI is InChI=1S/C18H27NO2/c1-3-7-16(8-4-1)20-14-13-19-15-17-9-12-18(21-17)10-5-2-6-11-18/h1,3-4,7-8,17,19H,2,5-6,9-15H2. The largest absolute Gasteiger partial charge is 0.492 e. The van der Waals surface area contributed by atoms with E-state index in [0.717, 1.165) is 18.8 Å². The maximum atomic E-state index is 6.35. The molecule has 0 bridgehead atoms. The Morgan fingerprint density at radius 1 is 1.10 bits per heavy atom. The Morgan fingerprint density at radius 2 is 1.90 bits per heavy atom. The molecule has 21 heavy (non-hydrogen) atoms. The molecule has 3 heteroatoms. The van der Waals surface area contributed by atoms with Crippen molar-refractivity contribution >= 4 is 0 Å². The molecule has 2 fully saturated rings. The van der Waals surface area contributed by atoms with Gasteiger partial charge < -0.3 is 14.8 Å². The molecule has 0 aromatic heterocycles. The van der Waals surface area contributed by atoms with Crippen molar-refractivity contribution in [3.63, 3.8) is 0 Å². The predicted molar refractivity (Wildman–Crippen MR) is 84.7 cm³/mol. The topological polar surface area (TPSA) is 30.5 Å². The summed E-state index contributed by atoms with van der Waals surface area (Å²) in [6.45, 7) is 2.55. The summed E-state index contributed by atoms with van der Waals surface area (Å²) in [5.74, 6) is 0.942. The van der Waals surface area contributed by atoms with E-state index in [9.17, 15) is 0 Å². The molecular weight excluding hydrogens is 262 g/mol. The average Bonchev–Trinajstić information content (AvgIpc) is 2.91. The van der Waals surface area contributed by atoms with Crippen LogP contribution in [0.15, 0.2) is 30.3 Å². The lowest BCUT2D eigenvalue weighted by atomic mass is 9.83. The molecule has 1 aliphatic heterocycles. The molecule has 0 radical (unpaired) electrons. The van der Waals surface area contributed by atoms with E-state index in [-0.39, 0.29) is 5.60 Å². The lowest BCUT2D eigenvalue weighted by molar-refractivity contribution is -0.0623. The highest BCUT2D eigenvalue weighted by molar-refractivity contribution is 5.20. The normalized spacial score (nSPS) is 24.3. The summed E-state index contributed by atoms with van der Waals surface area (Å²) in [5, 5.41) is 3.47. The summed E-state index contributed by atoms with van der Waals surface area (Å²) in [7, 11) is 0. The summed E-state index contributed by atoms with van der Waals surface area (Å²) in [5.41, 5.74) is 0.241. The van der Waals surface area contributed by atoms with Crippen LogP contribution < -0.4 is 10.1 Å². The van der Waals surface area contributed by atoms with Gasteiger partial charge in [0.15, 0.2) is 0 Å². The Balaban J connectivity index is 1.30. The summed E-state index contributed by atoms with van der Waals surface area (Å²) in [6, 6.07) is 9.99. The second-order valence-electron chi connectivity index (χ2n) is 6.39. The molecule has 1 N–H and O–H groups in total. The van der Waals surface area contributed by atoms with Gasteiger partial charge in [-0.05, 0) is 37.8 Å². The van der Waals surface area contributed by atoms with Gasteiger partial charge in [-0.25, -0.2) is 0 Å². The van der Waals surface area contributed by atoms with Crippen molar-refractivity contribution in [2.75, 3.05) is 19.7 Å². The molecule has 1 saturated carbocycles. The zero-order valence-corrected chi connectivity index (χ0v) is 12.9. The van der Waals surface area contributed by atoms with Crippen LogP contribution in [0.4, 0.5) is 0 Å². The lowest BCUT2D eigenvalue weighted by Gasteiger charge is -2.33. The highest BCUT2D eigenvalue weighted by Gasteiger charge is 2.40. The molecule has 1 aromatic rings. The quantitative estimate of drug-likeness (QED) is 0.813. The molecule has 3 rings (SSSR count). The number of hydrogen-bond acceptors (Lipinski definition) is 3. The fraction of sp³-hybridized carbons (Fsp3) is 0.667. The van der Waals surface area contributed by atoms with Crippen molar-refractivity contribution in [1.82, 2.24) is 5.32 Å². The molecule has 1 atom stereocenters. The zero-order valence-electron chi connectivity index (χ0n) is 12.9. The van der Waals surface area contributed by atoms with Gasteiger partial charge in [0.05, 0.1) is 11.7 Å². The molecule has 2 aliphatic rings. The zero-order chi connectivity index (χ0) is 14.4. The van der Waals surface area contributed by atoms with E-state index in [1.54, 1.807) is 0 Å². The minimum absolute atomic E-state index is 0.241. The minimum atomic E-state index is 0.241. The van der Waals surface area contributed by atoms with Crippen LogP contribution >= 0.6 is 0 Å². The third-order valence-electron chi connectivity index (χ3n) is 4.77. The molecule has 1 unspecified atom stereocenters. The molecule has 0 amide bonds. The van der Waals surface area contributed by atoms with E-state index < -0.39 is 0 Å². The van der Waals surface area contributed by atoms with E-state index in [0.29, 0.717) is 12.7 Å². The van der Waals surface area contributed by atoms with Crippen LogP contribution in [0.3, 0.4) is 0 Å². The van der Waals surface area contributed by atoms with Gasteiger partial charge in [0.1, 0.15) is 12.4 Å². The van der Waals surface area contributed by atoms with Gasteiger partial charge >= 0.3 is 0 Å². The first kappa shape index (κ1) is 14.9. The Morgan fingerprint density at radius 3 is 2.71 bits per heavy atom. The second-order valence-corrected chi connectivity index (χ2v) is 6.39. The Labute approximate surface area is 128 Å². The van der Waals surface area contributed by atoms with Gasteiger partial charge in [-0.15, -0.1) is 0 Å². The second kappa shape index (κ2) is 7.28. The Hall–Kier alpha value is -1.06. The summed E-state index contributed by atoms with van der Waals surface area (Å²) in [4.78, 5) is 0. The average molecular weight is 289 g/mol. The van der Waals surface area contributed by atoms with Crippen LogP contribution in [0.5, 0.6) is 5.75 Å². The van der Waals surface area contributed by atoms with Crippen LogP contribution in [-0.2, 0) is 4.74 Å². The van der Waals surface area contributed by atoms with Crippen molar-refractivity contribution in [1.29, 1.82) is 0 Å². The van der Waals surface area contributed by atoms with Gasteiger partial charge in [-0.1, -0.05) is 37.5 Å². The molecule has 1 aromatic carbocycles. The number of ether oxygens (including phenoxy) is 2. The molecule has 1 heterocycles. The molecular formula is C18H27NO2. The summed E-state index contributed by atoms with van der Waals surface area (Å²) in [6.07, 6.45) is 9.54. The van der Waals surface area contributed by atoms with Crippen molar-refractivity contribution in [3.8, 4) is 5.75 Å². The van der Waals surface area contributed by atoms with Gasteiger partial charge in [-0.2, -0.15) is 0 Å². The van der Waals surface area contributed by atoms with Gasteiger partial charge in [0.2, 0.25) is 0 Å². The van der Waals surface area contributed by atoms with Crippen LogP contribution in [-0.4, -0.2) is 31.4 Å². The first-order chi connectivity index (χ1) is 10.4. The molecule has 1 spiro atoms. The number of benzene rings is 1. The number of para-hydroxylation sites is 1. The van der Waals surface area contributed by atoms with E-state index in [1.807, 2.05) is 30.3 Å². The minimum Gasteiger partial charge on any atom is -0.492 e. The third kappa shape index (κ3) is 4.21. The Bertz CT molecular complexity index is 414. The predicted octanol–water partition coefficient (Wildman–Crippen LogP) is 3.54. The first-order valence-electron chi connectivity index (χ1n) is 8.43. The number of nitrogens with one attached hydrogen (secondary N) is 1.